The Morgan fingerprint density at radius 3 is 0.860 bits per heavy atom. The van der Waals surface area contributed by atoms with E-state index >= 15 is 0 Å². The second-order valence-corrected chi connectivity index (χ2v) is 14.9. The fraction of sp³-hybridized carbons (Fsp3) is 0. The molecule has 0 aromatic heterocycles. The molecule has 0 unspecified atom stereocenters. The summed E-state index contributed by atoms with van der Waals surface area (Å²) in [5.74, 6) is 0. The Labute approximate surface area is 283 Å². The Morgan fingerprint density at radius 1 is 0.140 bits per heavy atom. The molecule has 0 fully saturated rings. The van der Waals surface area contributed by atoms with Gasteiger partial charge in [0.2, 0.25) is 0 Å². The molecule has 0 aliphatic rings. The van der Waals surface area contributed by atoms with Gasteiger partial charge in [-0.15, -0.1) is 0 Å². The lowest BCUT2D eigenvalue weighted by Crippen LogP contribution is -1.82. The average molecular weight is 623 g/mol. The molecule has 0 saturated heterocycles. The monoisotopic (exact) mass is 622 g/mol. The third-order valence-corrected chi connectivity index (χ3v) is 13.1. The lowest BCUT2D eigenvalue weighted by Gasteiger charge is -2.10. The molecule has 222 valence electrons. The van der Waals surface area contributed by atoms with Crippen molar-refractivity contribution in [2.75, 3.05) is 0 Å². The van der Waals surface area contributed by atoms with E-state index in [0.29, 0.717) is 0 Å². The van der Waals surface area contributed by atoms with Gasteiger partial charge in [0.15, 0.2) is 0 Å². The Hall–Kier alpha value is -6.50. The molecular weight excluding hydrogens is 601 g/mol. The largest absolute Gasteiger partial charge is 0.0616 e. The summed E-state index contributed by atoms with van der Waals surface area (Å²) in [6, 6.07) is 51.7. The van der Waals surface area contributed by atoms with Gasteiger partial charge in [0, 0.05) is 0 Å². The zero-order valence-corrected chi connectivity index (χ0v) is 26.7. The van der Waals surface area contributed by atoms with Crippen LogP contribution in [-0.2, 0) is 0 Å². The van der Waals surface area contributed by atoms with E-state index in [9.17, 15) is 0 Å². The summed E-state index contributed by atoms with van der Waals surface area (Å²) in [7, 11) is 0. The quantitative estimate of drug-likeness (QED) is 0.148. The van der Waals surface area contributed by atoms with Gasteiger partial charge in [0.25, 0.3) is 0 Å². The summed E-state index contributed by atoms with van der Waals surface area (Å²) in [5, 5.41) is 39.0. The Kier molecular flexibility index (Phi) is 3.51. The number of hydrogen-bond donors (Lipinski definition) is 0. The van der Waals surface area contributed by atoms with Gasteiger partial charge in [-0.05, 0) is 151 Å². The number of rotatable bonds is 0. The fourth-order valence-electron chi connectivity index (χ4n) is 11.5. The highest BCUT2D eigenvalue weighted by atomic mass is 14.3. The molecule has 0 radical (unpaired) electrons. The van der Waals surface area contributed by atoms with Gasteiger partial charge in [-0.25, -0.2) is 0 Å². The number of fused-ring (bicyclic) bond motifs is 11. The van der Waals surface area contributed by atoms with Crippen LogP contribution < -0.4 is 0 Å². The molecule has 0 N–H and O–H groups in total. The van der Waals surface area contributed by atoms with Gasteiger partial charge < -0.3 is 0 Å². The Morgan fingerprint density at radius 2 is 0.420 bits per heavy atom. The zero-order chi connectivity index (χ0) is 31.7. The molecule has 0 aliphatic carbocycles. The van der Waals surface area contributed by atoms with Gasteiger partial charge in [-0.2, -0.15) is 0 Å². The van der Waals surface area contributed by atoms with Crippen LogP contribution >= 0.6 is 0 Å². The molecule has 15 aromatic carbocycles. The van der Waals surface area contributed by atoms with Gasteiger partial charge in [0.05, 0.1) is 0 Å². The van der Waals surface area contributed by atoms with E-state index in [1.807, 2.05) is 0 Å². The molecule has 0 aliphatic heterocycles. The Balaban J connectivity index is 1.47. The summed E-state index contributed by atoms with van der Waals surface area (Å²) >= 11 is 0. The first-order valence-electron chi connectivity index (χ1n) is 17.8. The van der Waals surface area contributed by atoms with E-state index < -0.39 is 0 Å². The highest BCUT2D eigenvalue weighted by Gasteiger charge is 2.30. The molecule has 0 atom stereocenters. The predicted octanol–water partition coefficient (Wildman–Crippen LogP) is 14.5. The summed E-state index contributed by atoms with van der Waals surface area (Å²) < 4.78 is 0. The van der Waals surface area contributed by atoms with Crippen LogP contribution in [-0.4, -0.2) is 0 Å². The molecule has 50 heavy (non-hydrogen) atoms. The van der Waals surface area contributed by atoms with E-state index in [0.717, 1.165) is 0 Å². The van der Waals surface area contributed by atoms with Crippen LogP contribution in [0.5, 0.6) is 0 Å². The summed E-state index contributed by atoms with van der Waals surface area (Å²) in [4.78, 5) is 0. The highest BCUT2D eigenvalue weighted by Crippen LogP contribution is 2.59. The van der Waals surface area contributed by atoms with E-state index in [-0.39, 0.29) is 0 Å². The molecule has 15 rings (SSSR count). The van der Waals surface area contributed by atoms with Crippen molar-refractivity contribution in [1.82, 2.24) is 0 Å². The number of benzene rings is 10. The van der Waals surface area contributed by atoms with Crippen LogP contribution in [0.3, 0.4) is 0 Å². The molecule has 0 amide bonds. The van der Waals surface area contributed by atoms with Crippen molar-refractivity contribution in [3.05, 3.63) is 133 Å². The van der Waals surface area contributed by atoms with Crippen molar-refractivity contribution >= 4 is 151 Å². The van der Waals surface area contributed by atoms with Crippen molar-refractivity contribution in [3.8, 4) is 0 Å². The summed E-state index contributed by atoms with van der Waals surface area (Å²) in [6.07, 6.45) is 0. The van der Waals surface area contributed by atoms with Crippen LogP contribution in [0.4, 0.5) is 0 Å². The standard InChI is InChI=1S/C50H22/c1-3-11-27-25(9-1)29-19-21-31-32-22-20-30-26-10-2-4-12-28(26)40-34-14-6-8-24-16-18-36-41-35-17-15-23-7-5-13-33-37(23)46(35)48(39(27)33)42(29)44(31)50(41)45(32)43(30)49(40)47(36)38(24)34/h1-22H. The average Bonchev–Trinajstić information content (AvgIpc) is 3.76. The van der Waals surface area contributed by atoms with Crippen LogP contribution in [0.15, 0.2) is 133 Å². The maximum atomic E-state index is 2.47. The highest BCUT2D eigenvalue weighted by molar-refractivity contribution is 6.59. The smallest absolute Gasteiger partial charge is 0.0000922 e. The van der Waals surface area contributed by atoms with E-state index in [1.54, 1.807) is 0 Å². The van der Waals surface area contributed by atoms with Crippen LogP contribution in [0, 0.1) is 0 Å². The maximum absolute atomic E-state index is 2.47. The first-order chi connectivity index (χ1) is 24.9. The lowest BCUT2D eigenvalue weighted by molar-refractivity contribution is 1.84. The first kappa shape index (κ1) is 23.8. The number of hydrogen-bond acceptors (Lipinski definition) is 0. The molecule has 0 nitrogen and oxygen atoms in total. The topological polar surface area (TPSA) is 0 Å². The maximum Gasteiger partial charge on any atom is -0.0000922 e. The van der Waals surface area contributed by atoms with Gasteiger partial charge >= 0.3 is 0 Å². The summed E-state index contributed by atoms with van der Waals surface area (Å²) in [5.41, 5.74) is 0. The van der Waals surface area contributed by atoms with Crippen molar-refractivity contribution in [1.29, 1.82) is 0 Å². The van der Waals surface area contributed by atoms with Crippen LogP contribution in [0.2, 0.25) is 0 Å². The van der Waals surface area contributed by atoms with E-state index in [1.165, 1.54) is 151 Å². The summed E-state index contributed by atoms with van der Waals surface area (Å²) in [6.45, 7) is 0. The van der Waals surface area contributed by atoms with Crippen LogP contribution in [0.1, 0.15) is 0 Å². The normalized spacial score (nSPS) is 13.6. The van der Waals surface area contributed by atoms with Crippen LogP contribution in [0.25, 0.3) is 151 Å². The minimum Gasteiger partial charge on any atom is -0.0616 e. The molecule has 0 saturated carbocycles. The first-order valence-corrected chi connectivity index (χ1v) is 17.8. The minimum absolute atomic E-state index is 1.33. The van der Waals surface area contributed by atoms with Gasteiger partial charge in [0.1, 0.15) is 0 Å². The molecule has 0 heteroatoms. The molecule has 0 heterocycles. The predicted molar refractivity (Wildman–Crippen MR) is 219 cm³/mol. The van der Waals surface area contributed by atoms with Crippen molar-refractivity contribution < 1.29 is 0 Å². The van der Waals surface area contributed by atoms with Gasteiger partial charge in [-0.1, -0.05) is 133 Å². The molecule has 15 aromatic rings. The van der Waals surface area contributed by atoms with Crippen molar-refractivity contribution in [2.24, 2.45) is 0 Å². The lowest BCUT2D eigenvalue weighted by atomic mass is 9.92. The van der Waals surface area contributed by atoms with Crippen molar-refractivity contribution in [3.63, 3.8) is 0 Å². The Bertz CT molecular complexity index is 3720. The molecular formula is C50H22. The van der Waals surface area contributed by atoms with E-state index in [2.05, 4.69) is 133 Å². The SMILES string of the molecule is c1ccc2c(c1)c1ccc3c4ccc5c6ccccc6c6c7cccc8ccc9c%10c%11ccc%12cccc%13c%12c%11c(c2%13)c1c3c%10c4c5c6c9c87. The second kappa shape index (κ2) is 7.39. The third-order valence-electron chi connectivity index (χ3n) is 13.1. The second-order valence-electron chi connectivity index (χ2n) is 14.9. The fourth-order valence-corrected chi connectivity index (χ4v) is 11.5. The van der Waals surface area contributed by atoms with Crippen molar-refractivity contribution in [2.45, 2.75) is 0 Å². The minimum atomic E-state index is 1.33. The molecule has 0 bridgehead atoms. The zero-order valence-electron chi connectivity index (χ0n) is 26.7. The third kappa shape index (κ3) is 2.21. The van der Waals surface area contributed by atoms with E-state index in [4.69, 9.17) is 0 Å². The molecule has 0 spiro atoms. The van der Waals surface area contributed by atoms with Gasteiger partial charge in [-0.3, -0.25) is 0 Å².